The summed E-state index contributed by atoms with van der Waals surface area (Å²) in [5.74, 6) is 0.785. The third-order valence-corrected chi connectivity index (χ3v) is 4.28. The Balaban J connectivity index is 2.01. The van der Waals surface area contributed by atoms with Gasteiger partial charge in [-0.2, -0.15) is 0 Å². The van der Waals surface area contributed by atoms with Crippen LogP contribution in [0.4, 0.5) is 5.69 Å². The number of aryl methyl sites for hydroxylation is 1. The van der Waals surface area contributed by atoms with Crippen molar-refractivity contribution >= 4 is 17.3 Å². The average molecular weight is 267 g/mol. The molecule has 1 saturated heterocycles. The van der Waals surface area contributed by atoms with Crippen LogP contribution in [0.1, 0.15) is 18.4 Å². The van der Waals surface area contributed by atoms with Crippen molar-refractivity contribution in [1.29, 1.82) is 0 Å². The Kier molecular flexibility index (Phi) is 3.35. The molecule has 4 heteroatoms. The van der Waals surface area contributed by atoms with E-state index in [2.05, 4.69) is 22.3 Å². The topological polar surface area (TPSA) is 24.5 Å². The van der Waals surface area contributed by atoms with Gasteiger partial charge in [0.2, 0.25) is 0 Å². The lowest BCUT2D eigenvalue weighted by Crippen LogP contribution is -2.43. The van der Waals surface area contributed by atoms with Gasteiger partial charge < -0.3 is 15.0 Å². The lowest BCUT2D eigenvalue weighted by molar-refractivity contribution is 0.414. The second-order valence-electron chi connectivity index (χ2n) is 5.06. The van der Waals surface area contributed by atoms with Crippen LogP contribution in [-0.4, -0.2) is 32.8 Å². The van der Waals surface area contributed by atoms with Crippen molar-refractivity contribution in [1.82, 2.24) is 5.32 Å². The summed E-state index contributed by atoms with van der Waals surface area (Å²) in [5, 5.41) is 4.24. The van der Waals surface area contributed by atoms with E-state index in [4.69, 9.17) is 16.3 Å². The van der Waals surface area contributed by atoms with Gasteiger partial charge in [-0.25, -0.2) is 0 Å². The summed E-state index contributed by atoms with van der Waals surface area (Å²) in [6, 6.07) is 4.80. The zero-order valence-electron chi connectivity index (χ0n) is 10.7. The number of methoxy groups -OCH3 is 1. The predicted molar refractivity (Wildman–Crippen MR) is 74.9 cm³/mol. The van der Waals surface area contributed by atoms with Crippen LogP contribution in [0.25, 0.3) is 0 Å². The highest BCUT2D eigenvalue weighted by molar-refractivity contribution is 6.32. The average Bonchev–Trinajstić information content (AvgIpc) is 2.63. The molecule has 0 radical (unpaired) electrons. The predicted octanol–water partition coefficient (Wildman–Crippen LogP) is 2.46. The van der Waals surface area contributed by atoms with Crippen LogP contribution >= 0.6 is 11.6 Å². The van der Waals surface area contributed by atoms with Gasteiger partial charge in [0, 0.05) is 30.9 Å². The van der Waals surface area contributed by atoms with Gasteiger partial charge in [0.1, 0.15) is 5.75 Å². The van der Waals surface area contributed by atoms with Gasteiger partial charge in [-0.3, -0.25) is 0 Å². The first-order valence-corrected chi connectivity index (χ1v) is 7.01. The van der Waals surface area contributed by atoms with Gasteiger partial charge >= 0.3 is 0 Å². The van der Waals surface area contributed by atoms with Gasteiger partial charge in [-0.15, -0.1) is 0 Å². The maximum atomic E-state index is 6.21. The van der Waals surface area contributed by atoms with Crippen molar-refractivity contribution in [2.24, 2.45) is 0 Å². The first-order chi connectivity index (χ1) is 8.79. The minimum absolute atomic E-state index is 0.617. The smallest absolute Gasteiger partial charge is 0.139 e. The summed E-state index contributed by atoms with van der Waals surface area (Å²) in [5.41, 5.74) is 2.68. The molecule has 0 aliphatic carbocycles. The molecule has 1 aromatic rings. The number of nitrogens with one attached hydrogen (secondary N) is 1. The van der Waals surface area contributed by atoms with Crippen molar-refractivity contribution < 1.29 is 4.74 Å². The summed E-state index contributed by atoms with van der Waals surface area (Å²) in [6.07, 6.45) is 3.52. The van der Waals surface area contributed by atoms with Crippen molar-refractivity contribution in [2.75, 3.05) is 31.6 Å². The minimum Gasteiger partial charge on any atom is -0.495 e. The molecular formula is C14H19ClN2O. The largest absolute Gasteiger partial charge is 0.495 e. The SMILES string of the molecule is COc1cc2c(cc1Cl)CC[C@@H]1CNCCCN21. The van der Waals surface area contributed by atoms with Gasteiger partial charge in [0.25, 0.3) is 0 Å². The molecule has 2 aliphatic heterocycles. The molecule has 0 bridgehead atoms. The molecule has 0 spiro atoms. The Morgan fingerprint density at radius 3 is 3.17 bits per heavy atom. The molecule has 18 heavy (non-hydrogen) atoms. The molecule has 98 valence electrons. The Hall–Kier alpha value is -0.930. The molecule has 3 rings (SSSR count). The molecule has 1 atom stereocenters. The molecule has 0 saturated carbocycles. The van der Waals surface area contributed by atoms with Crippen LogP contribution in [0.3, 0.4) is 0 Å². The number of hydrogen-bond acceptors (Lipinski definition) is 3. The van der Waals surface area contributed by atoms with Crippen molar-refractivity contribution in [3.63, 3.8) is 0 Å². The summed E-state index contributed by atoms with van der Waals surface area (Å²) in [4.78, 5) is 2.53. The van der Waals surface area contributed by atoms with Gasteiger partial charge in [-0.05, 0) is 37.4 Å². The number of nitrogens with zero attached hydrogens (tertiary/aromatic N) is 1. The molecule has 2 heterocycles. The molecule has 1 N–H and O–H groups in total. The van der Waals surface area contributed by atoms with Crippen LogP contribution in [0.15, 0.2) is 12.1 Å². The molecular weight excluding hydrogens is 248 g/mol. The van der Waals surface area contributed by atoms with E-state index in [9.17, 15) is 0 Å². The zero-order valence-corrected chi connectivity index (χ0v) is 11.5. The lowest BCUT2D eigenvalue weighted by Gasteiger charge is -2.38. The molecule has 0 unspecified atom stereocenters. The third kappa shape index (κ3) is 2.06. The number of ether oxygens (including phenoxy) is 1. The molecule has 1 aromatic carbocycles. The van der Waals surface area contributed by atoms with Crippen LogP contribution in [0.2, 0.25) is 5.02 Å². The number of rotatable bonds is 1. The monoisotopic (exact) mass is 266 g/mol. The van der Waals surface area contributed by atoms with Gasteiger partial charge in [0.05, 0.1) is 12.1 Å². The maximum absolute atomic E-state index is 6.21. The highest BCUT2D eigenvalue weighted by Gasteiger charge is 2.28. The zero-order chi connectivity index (χ0) is 12.5. The standard InChI is InChI=1S/C14H19ClN2O/c1-18-14-8-13-10(7-12(14)15)3-4-11-9-16-5-2-6-17(11)13/h7-8,11,16H,2-6,9H2,1H3/t11-/m1/s1. The van der Waals surface area contributed by atoms with Gasteiger partial charge in [-0.1, -0.05) is 11.6 Å². The van der Waals surface area contributed by atoms with E-state index in [0.29, 0.717) is 6.04 Å². The molecule has 3 nitrogen and oxygen atoms in total. The minimum atomic E-state index is 0.617. The van der Waals surface area contributed by atoms with Crippen LogP contribution in [-0.2, 0) is 6.42 Å². The Labute approximate surface area is 113 Å². The highest BCUT2D eigenvalue weighted by Crippen LogP contribution is 2.38. The van der Waals surface area contributed by atoms with E-state index in [1.165, 1.54) is 24.1 Å². The summed E-state index contributed by atoms with van der Waals surface area (Å²) in [6.45, 7) is 3.33. The van der Waals surface area contributed by atoms with Crippen molar-refractivity contribution in [2.45, 2.75) is 25.3 Å². The van der Waals surface area contributed by atoms with E-state index >= 15 is 0 Å². The second kappa shape index (κ2) is 4.98. The second-order valence-corrected chi connectivity index (χ2v) is 5.47. The normalized spacial score (nSPS) is 23.0. The van der Waals surface area contributed by atoms with E-state index in [-0.39, 0.29) is 0 Å². The van der Waals surface area contributed by atoms with Crippen LogP contribution < -0.4 is 15.0 Å². The quantitative estimate of drug-likeness (QED) is 0.845. The Morgan fingerprint density at radius 2 is 2.33 bits per heavy atom. The third-order valence-electron chi connectivity index (χ3n) is 3.98. The number of benzene rings is 1. The molecule has 0 amide bonds. The lowest BCUT2D eigenvalue weighted by atomic mass is 9.95. The summed E-state index contributed by atoms with van der Waals surface area (Å²) in [7, 11) is 1.68. The molecule has 0 aromatic heterocycles. The van der Waals surface area contributed by atoms with E-state index in [0.717, 1.165) is 36.8 Å². The fraction of sp³-hybridized carbons (Fsp3) is 0.571. The molecule has 1 fully saturated rings. The fourth-order valence-electron chi connectivity index (χ4n) is 3.04. The van der Waals surface area contributed by atoms with Crippen molar-refractivity contribution in [3.05, 3.63) is 22.7 Å². The van der Waals surface area contributed by atoms with Crippen LogP contribution in [0, 0.1) is 0 Å². The van der Waals surface area contributed by atoms with E-state index in [1.54, 1.807) is 7.11 Å². The van der Waals surface area contributed by atoms with E-state index < -0.39 is 0 Å². The molecule has 2 aliphatic rings. The maximum Gasteiger partial charge on any atom is 0.139 e. The first-order valence-electron chi connectivity index (χ1n) is 6.63. The Morgan fingerprint density at radius 1 is 1.44 bits per heavy atom. The van der Waals surface area contributed by atoms with Gasteiger partial charge in [0.15, 0.2) is 0 Å². The van der Waals surface area contributed by atoms with Crippen LogP contribution in [0.5, 0.6) is 5.75 Å². The number of anilines is 1. The highest BCUT2D eigenvalue weighted by atomic mass is 35.5. The first kappa shape index (κ1) is 12.1. The Bertz CT molecular complexity index is 450. The summed E-state index contributed by atoms with van der Waals surface area (Å²) >= 11 is 6.21. The van der Waals surface area contributed by atoms with Crippen molar-refractivity contribution in [3.8, 4) is 5.75 Å². The fourth-order valence-corrected chi connectivity index (χ4v) is 3.30. The number of halogens is 1. The van der Waals surface area contributed by atoms with E-state index in [1.807, 2.05) is 0 Å². The number of hydrogen-bond donors (Lipinski definition) is 1. The number of fused-ring (bicyclic) bond motifs is 3. The summed E-state index contributed by atoms with van der Waals surface area (Å²) < 4.78 is 5.35.